The summed E-state index contributed by atoms with van der Waals surface area (Å²) in [6.07, 6.45) is 3.03. The summed E-state index contributed by atoms with van der Waals surface area (Å²) < 4.78 is 1.74. The molecule has 0 amide bonds. The lowest BCUT2D eigenvalue weighted by Crippen LogP contribution is -2.22. The monoisotopic (exact) mass is 272 g/mol. The maximum absolute atomic E-state index is 10.5. The molecule has 20 heavy (non-hydrogen) atoms. The van der Waals surface area contributed by atoms with E-state index < -0.39 is 0 Å². The lowest BCUT2D eigenvalue weighted by atomic mass is 10.0. The van der Waals surface area contributed by atoms with E-state index in [1.807, 2.05) is 30.3 Å². The zero-order chi connectivity index (χ0) is 14.8. The molecule has 1 heterocycles. The van der Waals surface area contributed by atoms with E-state index >= 15 is 0 Å². The average Bonchev–Trinajstić information content (AvgIpc) is 2.74. The van der Waals surface area contributed by atoms with Gasteiger partial charge < -0.3 is 5.11 Å². The van der Waals surface area contributed by atoms with E-state index in [4.69, 9.17) is 0 Å². The van der Waals surface area contributed by atoms with Crippen LogP contribution in [0.15, 0.2) is 30.3 Å². The third-order valence-corrected chi connectivity index (χ3v) is 3.42. The van der Waals surface area contributed by atoms with Gasteiger partial charge in [0.25, 0.3) is 0 Å². The highest BCUT2D eigenvalue weighted by Crippen LogP contribution is 2.34. The van der Waals surface area contributed by atoms with Crippen LogP contribution in [0.25, 0.3) is 11.3 Å². The Morgan fingerprint density at radius 3 is 2.35 bits per heavy atom. The van der Waals surface area contributed by atoms with Gasteiger partial charge in [0.15, 0.2) is 0 Å². The van der Waals surface area contributed by atoms with Crippen LogP contribution in [0.1, 0.15) is 46.1 Å². The van der Waals surface area contributed by atoms with Crippen LogP contribution >= 0.6 is 0 Å². The first-order valence-corrected chi connectivity index (χ1v) is 7.32. The van der Waals surface area contributed by atoms with E-state index in [1.54, 1.807) is 4.68 Å². The van der Waals surface area contributed by atoms with Crippen LogP contribution in [-0.4, -0.2) is 14.9 Å². The molecular weight excluding hydrogens is 248 g/mol. The number of rotatable bonds is 4. The van der Waals surface area contributed by atoms with Crippen molar-refractivity contribution in [2.45, 2.75) is 52.5 Å². The molecule has 3 nitrogen and oxygen atoms in total. The fraction of sp³-hybridized carbons (Fsp3) is 0.471. The second-order valence-corrected chi connectivity index (χ2v) is 6.20. The third-order valence-electron chi connectivity index (χ3n) is 3.42. The van der Waals surface area contributed by atoms with Gasteiger partial charge in [0.1, 0.15) is 0 Å². The Balaban J connectivity index is 2.54. The van der Waals surface area contributed by atoms with Crippen LogP contribution in [0.3, 0.4) is 0 Å². The van der Waals surface area contributed by atoms with Crippen molar-refractivity contribution in [1.29, 1.82) is 0 Å². The van der Waals surface area contributed by atoms with Crippen LogP contribution in [0.5, 0.6) is 5.88 Å². The summed E-state index contributed by atoms with van der Waals surface area (Å²) in [6, 6.07) is 10.1. The summed E-state index contributed by atoms with van der Waals surface area (Å²) >= 11 is 0. The normalized spacial score (nSPS) is 11.8. The average molecular weight is 272 g/mol. The molecular formula is C17H24N2O. The Bertz CT molecular complexity index is 565. The number of hydrogen-bond donors (Lipinski definition) is 1. The van der Waals surface area contributed by atoms with Crippen LogP contribution in [-0.2, 0) is 12.0 Å². The highest BCUT2D eigenvalue weighted by molar-refractivity contribution is 5.65. The number of nitrogens with zero attached hydrogens (tertiary/aromatic N) is 2. The first-order valence-electron chi connectivity index (χ1n) is 7.32. The summed E-state index contributed by atoms with van der Waals surface area (Å²) in [4.78, 5) is 0. The van der Waals surface area contributed by atoms with Gasteiger partial charge in [-0.1, -0.05) is 43.7 Å². The third kappa shape index (κ3) is 2.87. The van der Waals surface area contributed by atoms with Crippen molar-refractivity contribution in [3.8, 4) is 17.1 Å². The van der Waals surface area contributed by atoms with Gasteiger partial charge in [-0.05, 0) is 33.6 Å². The molecule has 0 fully saturated rings. The van der Waals surface area contributed by atoms with Crippen molar-refractivity contribution >= 4 is 0 Å². The molecule has 2 rings (SSSR count). The molecule has 0 bridgehead atoms. The van der Waals surface area contributed by atoms with Crippen molar-refractivity contribution in [2.75, 3.05) is 0 Å². The first-order chi connectivity index (χ1) is 9.45. The molecule has 0 aliphatic carbocycles. The minimum absolute atomic E-state index is 0.224. The van der Waals surface area contributed by atoms with E-state index in [0.717, 1.165) is 36.1 Å². The lowest BCUT2D eigenvalue weighted by Gasteiger charge is -2.20. The number of hydrogen-bond acceptors (Lipinski definition) is 2. The molecule has 2 aromatic rings. The van der Waals surface area contributed by atoms with E-state index in [1.165, 1.54) is 0 Å². The molecule has 1 aromatic carbocycles. The predicted octanol–water partition coefficient (Wildman–Crippen LogP) is 4.35. The molecule has 3 heteroatoms. The molecule has 0 radical (unpaired) electrons. The summed E-state index contributed by atoms with van der Waals surface area (Å²) in [5.41, 5.74) is 2.72. The minimum atomic E-state index is -0.224. The highest BCUT2D eigenvalue weighted by Gasteiger charge is 2.24. The van der Waals surface area contributed by atoms with Crippen molar-refractivity contribution < 1.29 is 5.11 Å². The van der Waals surface area contributed by atoms with Gasteiger partial charge in [0.2, 0.25) is 5.88 Å². The van der Waals surface area contributed by atoms with E-state index in [9.17, 15) is 5.11 Å². The smallest absolute Gasteiger partial charge is 0.213 e. The molecule has 108 valence electrons. The summed E-state index contributed by atoms with van der Waals surface area (Å²) in [6.45, 7) is 8.32. The molecule has 0 saturated carbocycles. The quantitative estimate of drug-likeness (QED) is 0.898. The number of benzene rings is 1. The summed E-state index contributed by atoms with van der Waals surface area (Å²) in [5.74, 6) is 0.310. The minimum Gasteiger partial charge on any atom is -0.493 e. The molecule has 0 atom stereocenters. The van der Waals surface area contributed by atoms with Gasteiger partial charge >= 0.3 is 0 Å². The summed E-state index contributed by atoms with van der Waals surface area (Å²) in [7, 11) is 0. The first kappa shape index (κ1) is 14.6. The van der Waals surface area contributed by atoms with Crippen molar-refractivity contribution in [2.24, 2.45) is 0 Å². The Morgan fingerprint density at radius 1 is 1.15 bits per heavy atom. The van der Waals surface area contributed by atoms with Gasteiger partial charge in [0.05, 0.1) is 11.2 Å². The van der Waals surface area contributed by atoms with E-state index in [0.29, 0.717) is 5.88 Å². The SMILES string of the molecule is CCCCc1c(-c2ccccc2)nn(C(C)(C)C)c1O. The Labute approximate surface area is 121 Å². The molecule has 0 unspecified atom stereocenters. The fourth-order valence-corrected chi connectivity index (χ4v) is 2.32. The molecule has 0 aliphatic heterocycles. The maximum atomic E-state index is 10.5. The Morgan fingerprint density at radius 2 is 1.80 bits per heavy atom. The van der Waals surface area contributed by atoms with E-state index in [2.05, 4.69) is 32.8 Å². The second-order valence-electron chi connectivity index (χ2n) is 6.20. The van der Waals surface area contributed by atoms with Gasteiger partial charge in [-0.15, -0.1) is 0 Å². The predicted molar refractivity (Wildman–Crippen MR) is 82.9 cm³/mol. The molecule has 1 aromatic heterocycles. The zero-order valence-electron chi connectivity index (χ0n) is 12.8. The fourth-order valence-electron chi connectivity index (χ4n) is 2.32. The zero-order valence-corrected chi connectivity index (χ0v) is 12.8. The number of unbranched alkanes of at least 4 members (excludes halogenated alkanes) is 1. The molecule has 1 N–H and O–H groups in total. The van der Waals surface area contributed by atoms with Crippen LogP contribution in [0.4, 0.5) is 0 Å². The Kier molecular flexibility index (Phi) is 4.17. The van der Waals surface area contributed by atoms with Crippen LogP contribution in [0, 0.1) is 0 Å². The largest absolute Gasteiger partial charge is 0.493 e. The summed E-state index contributed by atoms with van der Waals surface area (Å²) in [5, 5.41) is 15.2. The lowest BCUT2D eigenvalue weighted by molar-refractivity contribution is 0.293. The van der Waals surface area contributed by atoms with Crippen molar-refractivity contribution in [3.63, 3.8) is 0 Å². The van der Waals surface area contributed by atoms with Gasteiger partial charge in [-0.25, -0.2) is 4.68 Å². The standard InChI is InChI=1S/C17H24N2O/c1-5-6-12-14-15(13-10-8-7-9-11-13)18-19(16(14)20)17(2,3)4/h7-11,20H,5-6,12H2,1-4H3. The second kappa shape index (κ2) is 5.70. The molecule has 0 aliphatic rings. The highest BCUT2D eigenvalue weighted by atomic mass is 16.3. The van der Waals surface area contributed by atoms with Gasteiger partial charge in [-0.2, -0.15) is 5.10 Å². The van der Waals surface area contributed by atoms with Gasteiger partial charge in [-0.3, -0.25) is 0 Å². The van der Waals surface area contributed by atoms with Crippen molar-refractivity contribution in [1.82, 2.24) is 9.78 Å². The van der Waals surface area contributed by atoms with Crippen LogP contribution < -0.4 is 0 Å². The number of aromatic nitrogens is 2. The van der Waals surface area contributed by atoms with Crippen LogP contribution in [0.2, 0.25) is 0 Å². The maximum Gasteiger partial charge on any atom is 0.213 e. The Hall–Kier alpha value is -1.77. The molecule has 0 spiro atoms. The van der Waals surface area contributed by atoms with E-state index in [-0.39, 0.29) is 5.54 Å². The van der Waals surface area contributed by atoms with Gasteiger partial charge in [0, 0.05) is 11.1 Å². The topological polar surface area (TPSA) is 38.0 Å². The number of aromatic hydroxyl groups is 1. The molecule has 0 saturated heterocycles. The van der Waals surface area contributed by atoms with Crippen molar-refractivity contribution in [3.05, 3.63) is 35.9 Å².